The molecule has 0 aliphatic rings. The lowest BCUT2D eigenvalue weighted by Gasteiger charge is -2.16. The molecule has 1 unspecified atom stereocenters. The van der Waals surface area contributed by atoms with Crippen molar-refractivity contribution in [2.24, 2.45) is 0 Å². The molecule has 0 aliphatic heterocycles. The van der Waals surface area contributed by atoms with Crippen molar-refractivity contribution in [3.63, 3.8) is 0 Å². The highest BCUT2D eigenvalue weighted by atomic mass is 35.5. The number of halogens is 4. The first kappa shape index (κ1) is 16.2. The first-order valence-corrected chi connectivity index (χ1v) is 8.41. The lowest BCUT2D eigenvalue weighted by molar-refractivity contribution is 0.201. The number of thiazole rings is 1. The van der Waals surface area contributed by atoms with Crippen LogP contribution in [0.2, 0.25) is 15.1 Å². The zero-order valence-corrected chi connectivity index (χ0v) is 14.3. The van der Waals surface area contributed by atoms with Crippen LogP contribution in [0.5, 0.6) is 5.75 Å². The fourth-order valence-corrected chi connectivity index (χ4v) is 3.33. The molecule has 2 rings (SSSR count). The molecule has 0 N–H and O–H groups in total. The summed E-state index contributed by atoms with van der Waals surface area (Å²) < 4.78 is 5.90. The van der Waals surface area contributed by atoms with Gasteiger partial charge in [0.15, 0.2) is 0 Å². The number of alkyl halides is 1. The van der Waals surface area contributed by atoms with E-state index in [1.54, 1.807) is 12.1 Å². The molecule has 7 heteroatoms. The third-order valence-corrected chi connectivity index (χ3v) is 4.87. The largest absolute Gasteiger partial charge is 0.482 e. The predicted octanol–water partition coefficient (Wildman–Crippen LogP) is 6.37. The maximum atomic E-state index is 6.12. The Labute approximate surface area is 141 Å². The van der Waals surface area contributed by atoms with Gasteiger partial charge < -0.3 is 4.74 Å². The summed E-state index contributed by atoms with van der Waals surface area (Å²) in [6.45, 7) is 2.01. The van der Waals surface area contributed by atoms with Crippen LogP contribution in [0.15, 0.2) is 17.5 Å². The molecule has 108 valence electrons. The molecule has 1 aromatic heterocycles. The van der Waals surface area contributed by atoms with Crippen LogP contribution in [-0.2, 0) is 5.88 Å². The van der Waals surface area contributed by atoms with Crippen LogP contribution < -0.4 is 4.74 Å². The van der Waals surface area contributed by atoms with Crippen molar-refractivity contribution in [2.75, 3.05) is 0 Å². The average Bonchev–Trinajstić information content (AvgIpc) is 2.90. The molecule has 0 bridgehead atoms. The quantitative estimate of drug-likeness (QED) is 0.450. The van der Waals surface area contributed by atoms with Crippen LogP contribution in [0, 0.1) is 0 Å². The number of aromatic nitrogens is 1. The Hall–Kier alpha value is -0.190. The van der Waals surface area contributed by atoms with E-state index in [-0.39, 0.29) is 6.10 Å². The van der Waals surface area contributed by atoms with Gasteiger partial charge in [0.05, 0.1) is 26.6 Å². The monoisotopic (exact) mass is 369 g/mol. The van der Waals surface area contributed by atoms with Gasteiger partial charge in [-0.05, 0) is 12.5 Å². The summed E-state index contributed by atoms with van der Waals surface area (Å²) in [5.41, 5.74) is 0.842. The van der Waals surface area contributed by atoms with Crippen molar-refractivity contribution >= 4 is 57.7 Å². The minimum atomic E-state index is -0.188. The molecule has 0 amide bonds. The van der Waals surface area contributed by atoms with Gasteiger partial charge in [0, 0.05) is 11.4 Å². The number of hydrogen-bond donors (Lipinski definition) is 0. The minimum Gasteiger partial charge on any atom is -0.482 e. The van der Waals surface area contributed by atoms with E-state index in [9.17, 15) is 0 Å². The highest BCUT2D eigenvalue weighted by Crippen LogP contribution is 2.37. The lowest BCUT2D eigenvalue weighted by atomic mass is 10.2. The molecule has 1 aromatic carbocycles. The van der Waals surface area contributed by atoms with Crippen molar-refractivity contribution in [1.29, 1.82) is 0 Å². The smallest absolute Gasteiger partial charge is 0.150 e. The van der Waals surface area contributed by atoms with Crippen molar-refractivity contribution in [3.8, 4) is 5.75 Å². The lowest BCUT2D eigenvalue weighted by Crippen LogP contribution is -2.06. The van der Waals surface area contributed by atoms with Crippen LogP contribution in [0.25, 0.3) is 0 Å². The maximum absolute atomic E-state index is 6.12. The van der Waals surface area contributed by atoms with Crippen LogP contribution in [-0.4, -0.2) is 4.98 Å². The Morgan fingerprint density at radius 3 is 2.50 bits per heavy atom. The van der Waals surface area contributed by atoms with E-state index in [2.05, 4.69) is 4.98 Å². The molecule has 0 spiro atoms. The normalized spacial score (nSPS) is 12.4. The molecule has 0 radical (unpaired) electrons. The van der Waals surface area contributed by atoms with Crippen molar-refractivity contribution in [3.05, 3.63) is 43.3 Å². The molecule has 0 fully saturated rings. The summed E-state index contributed by atoms with van der Waals surface area (Å²) in [7, 11) is 0. The maximum Gasteiger partial charge on any atom is 0.150 e. The Morgan fingerprint density at radius 2 is 1.90 bits per heavy atom. The van der Waals surface area contributed by atoms with E-state index < -0.39 is 0 Å². The molecule has 0 aliphatic carbocycles. The van der Waals surface area contributed by atoms with Crippen molar-refractivity contribution in [1.82, 2.24) is 4.98 Å². The van der Waals surface area contributed by atoms with E-state index in [1.165, 1.54) is 11.3 Å². The van der Waals surface area contributed by atoms with E-state index in [0.29, 0.717) is 26.7 Å². The van der Waals surface area contributed by atoms with Gasteiger partial charge in [-0.25, -0.2) is 4.98 Å². The van der Waals surface area contributed by atoms with E-state index in [4.69, 9.17) is 51.1 Å². The summed E-state index contributed by atoms with van der Waals surface area (Å²) >= 11 is 25.3. The third kappa shape index (κ3) is 3.71. The van der Waals surface area contributed by atoms with Crippen LogP contribution in [0.1, 0.15) is 30.2 Å². The second-order valence-electron chi connectivity index (χ2n) is 4.02. The Balaban J connectivity index is 2.24. The number of ether oxygens (including phenoxy) is 1. The molecule has 2 aromatic rings. The molecule has 2 nitrogen and oxygen atoms in total. The number of benzene rings is 1. The Bertz CT molecular complexity index is 602. The van der Waals surface area contributed by atoms with E-state index in [1.807, 2.05) is 12.3 Å². The van der Waals surface area contributed by atoms with Gasteiger partial charge in [-0.3, -0.25) is 0 Å². The SMILES string of the molecule is CCC(Oc1cc(Cl)c(Cl)cc1Cl)c1nc(CCl)cs1. The van der Waals surface area contributed by atoms with E-state index in [0.717, 1.165) is 17.1 Å². The average molecular weight is 371 g/mol. The summed E-state index contributed by atoms with van der Waals surface area (Å²) in [6, 6.07) is 3.19. The predicted molar refractivity (Wildman–Crippen MR) is 86.8 cm³/mol. The zero-order valence-electron chi connectivity index (χ0n) is 10.5. The summed E-state index contributed by atoms with van der Waals surface area (Å²) in [5.74, 6) is 0.885. The second-order valence-corrected chi connectivity index (χ2v) is 6.40. The van der Waals surface area contributed by atoms with Crippen LogP contribution >= 0.6 is 57.7 Å². The molecule has 20 heavy (non-hydrogen) atoms. The van der Waals surface area contributed by atoms with Gasteiger partial charge in [-0.1, -0.05) is 41.7 Å². The van der Waals surface area contributed by atoms with Crippen molar-refractivity contribution in [2.45, 2.75) is 25.3 Å². The van der Waals surface area contributed by atoms with E-state index >= 15 is 0 Å². The van der Waals surface area contributed by atoms with Gasteiger partial charge in [-0.2, -0.15) is 0 Å². The molecule has 1 atom stereocenters. The summed E-state index contributed by atoms with van der Waals surface area (Å²) in [4.78, 5) is 4.43. The summed E-state index contributed by atoms with van der Waals surface area (Å²) in [6.07, 6.45) is 0.568. The van der Waals surface area contributed by atoms with Gasteiger partial charge >= 0.3 is 0 Å². The van der Waals surface area contributed by atoms with Crippen LogP contribution in [0.3, 0.4) is 0 Å². The molecular weight excluding hydrogens is 360 g/mol. The Morgan fingerprint density at radius 1 is 1.20 bits per heavy atom. The third-order valence-electron chi connectivity index (χ3n) is 2.60. The molecule has 1 heterocycles. The number of hydrogen-bond acceptors (Lipinski definition) is 3. The van der Waals surface area contributed by atoms with Gasteiger partial charge in [-0.15, -0.1) is 22.9 Å². The first-order valence-electron chi connectivity index (χ1n) is 5.86. The fourth-order valence-electron chi connectivity index (χ4n) is 1.59. The van der Waals surface area contributed by atoms with Gasteiger partial charge in [0.2, 0.25) is 0 Å². The number of nitrogens with zero attached hydrogens (tertiary/aromatic N) is 1. The fraction of sp³-hybridized carbons (Fsp3) is 0.308. The van der Waals surface area contributed by atoms with Gasteiger partial charge in [0.1, 0.15) is 16.9 Å². The Kier molecular flexibility index (Phi) is 5.82. The highest BCUT2D eigenvalue weighted by Gasteiger charge is 2.18. The minimum absolute atomic E-state index is 0.188. The standard InChI is InChI=1S/C13H11Cl4NOS/c1-2-11(13-18-7(5-14)6-20-13)19-12-4-9(16)8(15)3-10(12)17/h3-4,6,11H,2,5H2,1H3. The first-order chi connectivity index (χ1) is 9.55. The van der Waals surface area contributed by atoms with Crippen molar-refractivity contribution < 1.29 is 4.74 Å². The second kappa shape index (κ2) is 7.19. The highest BCUT2D eigenvalue weighted by molar-refractivity contribution is 7.09. The molecular formula is C13H11Cl4NOS. The zero-order chi connectivity index (χ0) is 14.7. The van der Waals surface area contributed by atoms with Crippen LogP contribution in [0.4, 0.5) is 0 Å². The molecule has 0 saturated carbocycles. The topological polar surface area (TPSA) is 22.1 Å². The summed E-state index contributed by atoms with van der Waals surface area (Å²) in [5, 5.41) is 4.01. The van der Waals surface area contributed by atoms with Gasteiger partial charge in [0.25, 0.3) is 0 Å². The molecule has 0 saturated heterocycles. The number of rotatable bonds is 5.